The van der Waals surface area contributed by atoms with Crippen LogP contribution in [0.25, 0.3) is 0 Å². The Balaban J connectivity index is 1.70. The van der Waals surface area contributed by atoms with Crippen molar-refractivity contribution >= 4 is 0 Å². The predicted molar refractivity (Wildman–Crippen MR) is 58.8 cm³/mol. The van der Waals surface area contributed by atoms with Gasteiger partial charge in [0.05, 0.1) is 18.3 Å². The lowest BCUT2D eigenvalue weighted by Crippen LogP contribution is -2.37. The smallest absolute Gasteiger partial charge is 0.102 e. The number of fused-ring (bicyclic) bond motifs is 6. The number of hydrogen-bond donors (Lipinski definition) is 0. The maximum absolute atomic E-state index is 6.17. The van der Waals surface area contributed by atoms with Crippen molar-refractivity contribution in [2.45, 2.75) is 37.3 Å². The fourth-order valence-corrected chi connectivity index (χ4v) is 4.30. The summed E-state index contributed by atoms with van der Waals surface area (Å²) in [4.78, 5) is 0. The Labute approximate surface area is 94.6 Å². The highest BCUT2D eigenvalue weighted by atomic mass is 16.5. The van der Waals surface area contributed by atoms with Gasteiger partial charge in [-0.25, -0.2) is 0 Å². The van der Waals surface area contributed by atoms with Gasteiger partial charge >= 0.3 is 0 Å². The van der Waals surface area contributed by atoms with Gasteiger partial charge in [-0.1, -0.05) is 24.3 Å². The summed E-state index contributed by atoms with van der Waals surface area (Å²) >= 11 is 0. The van der Waals surface area contributed by atoms with E-state index in [4.69, 9.17) is 9.47 Å². The molecule has 2 heteroatoms. The first-order chi connectivity index (χ1) is 7.92. The summed E-state index contributed by atoms with van der Waals surface area (Å²) in [6.45, 7) is 0. The Hall–Kier alpha value is -0.860. The minimum absolute atomic E-state index is 0.245. The Bertz CT molecular complexity index is 459. The molecule has 82 valence electrons. The first-order valence-electron chi connectivity index (χ1n) is 6.33. The molecule has 0 spiro atoms. The molecule has 0 aromatic heterocycles. The Morgan fingerprint density at radius 2 is 2.00 bits per heavy atom. The summed E-state index contributed by atoms with van der Waals surface area (Å²) in [5, 5.41) is 0. The van der Waals surface area contributed by atoms with Crippen molar-refractivity contribution in [3.63, 3.8) is 0 Å². The van der Waals surface area contributed by atoms with Gasteiger partial charge in [0.2, 0.25) is 0 Å². The lowest BCUT2D eigenvalue weighted by Gasteiger charge is -2.33. The van der Waals surface area contributed by atoms with Crippen LogP contribution in [0.1, 0.15) is 12.8 Å². The monoisotopic (exact) mass is 214 g/mol. The van der Waals surface area contributed by atoms with Crippen molar-refractivity contribution in [1.29, 1.82) is 0 Å². The minimum atomic E-state index is 0.245. The summed E-state index contributed by atoms with van der Waals surface area (Å²) in [6.07, 6.45) is 13.0. The van der Waals surface area contributed by atoms with Gasteiger partial charge < -0.3 is 9.47 Å². The van der Waals surface area contributed by atoms with Crippen molar-refractivity contribution < 1.29 is 9.47 Å². The van der Waals surface area contributed by atoms with Crippen molar-refractivity contribution in [3.8, 4) is 0 Å². The molecule has 0 radical (unpaired) electrons. The van der Waals surface area contributed by atoms with Crippen LogP contribution in [0, 0.1) is 11.8 Å². The molecule has 3 saturated heterocycles. The molecule has 0 aromatic rings. The third-order valence-corrected chi connectivity index (χ3v) is 4.91. The molecular weight excluding hydrogens is 200 g/mol. The molecule has 0 unspecified atom stereocenters. The van der Waals surface area contributed by atoms with Gasteiger partial charge in [0.25, 0.3) is 0 Å². The second-order valence-electron chi connectivity index (χ2n) is 5.55. The molecule has 0 amide bonds. The van der Waals surface area contributed by atoms with Gasteiger partial charge in [0.15, 0.2) is 0 Å². The van der Waals surface area contributed by atoms with E-state index in [1.807, 2.05) is 0 Å². The number of allylic oxidation sites excluding steroid dienone is 2. The Morgan fingerprint density at radius 1 is 1.06 bits per heavy atom. The fraction of sp³-hybridized carbons (Fsp3) is 0.571. The predicted octanol–water partition coefficient (Wildman–Crippen LogP) is 1.98. The lowest BCUT2D eigenvalue weighted by atomic mass is 9.69. The molecule has 6 atom stereocenters. The maximum Gasteiger partial charge on any atom is 0.102 e. The molecule has 3 aliphatic heterocycles. The van der Waals surface area contributed by atoms with Crippen LogP contribution in [0.2, 0.25) is 0 Å². The number of hydrogen-bond acceptors (Lipinski definition) is 2. The second kappa shape index (κ2) is 2.52. The van der Waals surface area contributed by atoms with Gasteiger partial charge in [0.1, 0.15) is 6.10 Å². The Kier molecular flexibility index (Phi) is 1.30. The van der Waals surface area contributed by atoms with Gasteiger partial charge in [-0.05, 0) is 24.0 Å². The lowest BCUT2D eigenvalue weighted by molar-refractivity contribution is 0.0164. The highest BCUT2D eigenvalue weighted by molar-refractivity contribution is 5.52. The SMILES string of the molecule is C1=C[C@@H]2O[C@@H]3C(=C1)C2=C[C@H]1[C@@H]3[C@@H]2CC[C@H]1O2. The van der Waals surface area contributed by atoms with E-state index in [0.29, 0.717) is 30.1 Å². The zero-order valence-corrected chi connectivity index (χ0v) is 9.00. The minimum Gasteiger partial charge on any atom is -0.374 e. The highest BCUT2D eigenvalue weighted by Crippen LogP contribution is 2.55. The van der Waals surface area contributed by atoms with E-state index < -0.39 is 0 Å². The molecule has 0 aromatic carbocycles. The van der Waals surface area contributed by atoms with Gasteiger partial charge in [-0.2, -0.15) is 0 Å². The first kappa shape index (κ1) is 8.26. The first-order valence-corrected chi connectivity index (χ1v) is 6.33. The maximum atomic E-state index is 6.17. The highest BCUT2D eigenvalue weighted by Gasteiger charge is 2.57. The molecule has 0 N–H and O–H groups in total. The summed E-state index contributed by atoms with van der Waals surface area (Å²) in [6, 6.07) is 0. The Morgan fingerprint density at radius 3 is 3.00 bits per heavy atom. The molecule has 5 rings (SSSR count). The van der Waals surface area contributed by atoms with E-state index in [0.717, 1.165) is 0 Å². The van der Waals surface area contributed by atoms with Crippen molar-refractivity contribution in [2.24, 2.45) is 11.8 Å². The average molecular weight is 214 g/mol. The van der Waals surface area contributed by atoms with Crippen molar-refractivity contribution in [1.82, 2.24) is 0 Å². The van der Waals surface area contributed by atoms with Crippen LogP contribution >= 0.6 is 0 Å². The molecule has 2 aliphatic carbocycles. The second-order valence-corrected chi connectivity index (χ2v) is 5.55. The summed E-state index contributed by atoms with van der Waals surface area (Å²) in [7, 11) is 0. The summed E-state index contributed by atoms with van der Waals surface area (Å²) in [5.74, 6) is 1.23. The fourth-order valence-electron chi connectivity index (χ4n) is 4.30. The van der Waals surface area contributed by atoms with E-state index in [1.54, 1.807) is 0 Å². The summed E-state index contributed by atoms with van der Waals surface area (Å²) < 4.78 is 12.2. The van der Waals surface area contributed by atoms with Crippen LogP contribution in [-0.2, 0) is 9.47 Å². The third kappa shape index (κ3) is 0.770. The largest absolute Gasteiger partial charge is 0.374 e. The van der Waals surface area contributed by atoms with E-state index in [9.17, 15) is 0 Å². The normalized spacial score (nSPS) is 55.0. The van der Waals surface area contributed by atoms with Crippen LogP contribution in [-0.4, -0.2) is 24.4 Å². The molecule has 5 aliphatic rings. The zero-order valence-electron chi connectivity index (χ0n) is 9.00. The molecule has 3 heterocycles. The molecule has 2 nitrogen and oxygen atoms in total. The van der Waals surface area contributed by atoms with Gasteiger partial charge in [-0.3, -0.25) is 0 Å². The van der Waals surface area contributed by atoms with Gasteiger partial charge in [-0.15, -0.1) is 0 Å². The molecule has 3 fully saturated rings. The topological polar surface area (TPSA) is 18.5 Å². The van der Waals surface area contributed by atoms with Crippen LogP contribution in [0.15, 0.2) is 35.5 Å². The average Bonchev–Trinajstić information content (AvgIpc) is 2.91. The van der Waals surface area contributed by atoms with E-state index >= 15 is 0 Å². The number of ether oxygens (including phenoxy) is 2. The third-order valence-electron chi connectivity index (χ3n) is 4.91. The standard InChI is InChI=1S/C14H14O2/c1-2-7-8-6-9-11-4-5-12(15-11)13(9)14(7)16-10(8)3-1/h1-3,6,9-14H,4-5H2/t9-,10+,11-,12+,13-,14-/m1/s1. The molecular formula is C14H14O2. The van der Waals surface area contributed by atoms with Crippen LogP contribution in [0.5, 0.6) is 0 Å². The van der Waals surface area contributed by atoms with E-state index in [1.165, 1.54) is 24.0 Å². The van der Waals surface area contributed by atoms with Crippen molar-refractivity contribution in [2.75, 3.05) is 0 Å². The van der Waals surface area contributed by atoms with Crippen molar-refractivity contribution in [3.05, 3.63) is 35.5 Å². The van der Waals surface area contributed by atoms with Gasteiger partial charge in [0, 0.05) is 11.8 Å². The van der Waals surface area contributed by atoms with Crippen LogP contribution < -0.4 is 0 Å². The molecule has 0 saturated carbocycles. The van der Waals surface area contributed by atoms with Crippen LogP contribution in [0.4, 0.5) is 0 Å². The quantitative estimate of drug-likeness (QED) is 0.614. The zero-order chi connectivity index (χ0) is 10.3. The van der Waals surface area contributed by atoms with E-state index in [-0.39, 0.29) is 6.10 Å². The molecule has 6 bridgehead atoms. The number of rotatable bonds is 0. The van der Waals surface area contributed by atoms with Crippen LogP contribution in [0.3, 0.4) is 0 Å². The summed E-state index contributed by atoms with van der Waals surface area (Å²) in [5.41, 5.74) is 2.87. The molecule has 16 heavy (non-hydrogen) atoms. The van der Waals surface area contributed by atoms with E-state index in [2.05, 4.69) is 24.3 Å².